The molecule has 1 aliphatic rings. The lowest BCUT2D eigenvalue weighted by Crippen LogP contribution is -2.35. The lowest BCUT2D eigenvalue weighted by Gasteiger charge is -2.19. The van der Waals surface area contributed by atoms with Gasteiger partial charge in [-0.1, -0.05) is 0 Å². The molecule has 0 aliphatic carbocycles. The average molecular weight is 171 g/mol. The van der Waals surface area contributed by atoms with Crippen LogP contribution in [0.5, 0.6) is 0 Å². The number of nitrogens with zero attached hydrogens (tertiary/aromatic N) is 1. The maximum Gasteiger partial charge on any atom is 0.323 e. The van der Waals surface area contributed by atoms with Crippen molar-refractivity contribution in [3.8, 4) is 0 Å². The van der Waals surface area contributed by atoms with E-state index in [2.05, 4.69) is 4.90 Å². The molecule has 0 aromatic heterocycles. The third kappa shape index (κ3) is 2.21. The van der Waals surface area contributed by atoms with E-state index in [0.29, 0.717) is 0 Å². The van der Waals surface area contributed by atoms with Crippen molar-refractivity contribution in [3.05, 3.63) is 0 Å². The molecule has 1 fully saturated rings. The van der Waals surface area contributed by atoms with E-state index in [9.17, 15) is 4.79 Å². The van der Waals surface area contributed by atoms with Gasteiger partial charge in [0.2, 0.25) is 0 Å². The van der Waals surface area contributed by atoms with Crippen molar-refractivity contribution in [1.82, 2.24) is 4.90 Å². The first-order chi connectivity index (χ1) is 5.61. The summed E-state index contributed by atoms with van der Waals surface area (Å²) in [5.41, 5.74) is 0. The highest BCUT2D eigenvalue weighted by molar-refractivity contribution is 5.76. The Balaban J connectivity index is 2.41. The highest BCUT2D eigenvalue weighted by Gasteiger charge is 2.29. The van der Waals surface area contributed by atoms with Crippen LogP contribution >= 0.6 is 0 Å². The van der Waals surface area contributed by atoms with Gasteiger partial charge in [-0.15, -0.1) is 0 Å². The number of esters is 1. The Morgan fingerprint density at radius 2 is 2.25 bits per heavy atom. The van der Waals surface area contributed by atoms with Crippen LogP contribution in [0.15, 0.2) is 0 Å². The normalized spacial score (nSPS) is 24.8. The zero-order valence-electron chi connectivity index (χ0n) is 8.04. The molecule has 0 aromatic rings. The highest BCUT2D eigenvalue weighted by atomic mass is 16.5. The number of hydrogen-bond acceptors (Lipinski definition) is 3. The largest absolute Gasteiger partial charge is 0.462 e. The molecule has 0 bridgehead atoms. The second kappa shape index (κ2) is 3.90. The number of likely N-dealkylation sites (tertiary alicyclic amines) is 1. The van der Waals surface area contributed by atoms with Crippen LogP contribution in [0.4, 0.5) is 0 Å². The second-order valence-corrected chi connectivity index (χ2v) is 3.62. The van der Waals surface area contributed by atoms with E-state index in [4.69, 9.17) is 4.74 Å². The van der Waals surface area contributed by atoms with E-state index in [1.54, 1.807) is 0 Å². The number of carbonyl (C=O) groups is 1. The SMILES string of the molecule is CC(C)OC(=O)C1CCCN1C. The van der Waals surface area contributed by atoms with Gasteiger partial charge < -0.3 is 4.74 Å². The average Bonchev–Trinajstić information content (AvgIpc) is 2.33. The summed E-state index contributed by atoms with van der Waals surface area (Å²) in [6.45, 7) is 4.78. The monoisotopic (exact) mass is 171 g/mol. The standard InChI is InChI=1S/C9H17NO2/c1-7(2)12-9(11)8-5-4-6-10(8)3/h7-8H,4-6H2,1-3H3. The minimum absolute atomic E-state index is 0.00602. The van der Waals surface area contributed by atoms with Crippen LogP contribution in [-0.2, 0) is 9.53 Å². The van der Waals surface area contributed by atoms with Gasteiger partial charge in [0.05, 0.1) is 6.10 Å². The van der Waals surface area contributed by atoms with Gasteiger partial charge in [-0.2, -0.15) is 0 Å². The van der Waals surface area contributed by atoms with Crippen molar-refractivity contribution in [1.29, 1.82) is 0 Å². The maximum atomic E-state index is 11.4. The minimum Gasteiger partial charge on any atom is -0.462 e. The lowest BCUT2D eigenvalue weighted by atomic mass is 10.2. The zero-order valence-corrected chi connectivity index (χ0v) is 8.04. The molecule has 1 saturated heterocycles. The summed E-state index contributed by atoms with van der Waals surface area (Å²) in [5, 5.41) is 0. The fourth-order valence-corrected chi connectivity index (χ4v) is 1.52. The Morgan fingerprint density at radius 1 is 1.58 bits per heavy atom. The molecule has 12 heavy (non-hydrogen) atoms. The van der Waals surface area contributed by atoms with Gasteiger partial charge in [-0.25, -0.2) is 0 Å². The molecule has 0 saturated carbocycles. The van der Waals surface area contributed by atoms with E-state index in [0.717, 1.165) is 19.4 Å². The van der Waals surface area contributed by atoms with Crippen LogP contribution in [0.3, 0.4) is 0 Å². The summed E-state index contributed by atoms with van der Waals surface area (Å²) in [6.07, 6.45) is 2.06. The van der Waals surface area contributed by atoms with Gasteiger partial charge in [0, 0.05) is 0 Å². The van der Waals surface area contributed by atoms with Crippen LogP contribution < -0.4 is 0 Å². The Hall–Kier alpha value is -0.570. The molecule has 70 valence electrons. The van der Waals surface area contributed by atoms with Crippen LogP contribution in [-0.4, -0.2) is 36.6 Å². The molecular weight excluding hydrogens is 154 g/mol. The molecule has 0 N–H and O–H groups in total. The summed E-state index contributed by atoms with van der Waals surface area (Å²) in [6, 6.07) is 0.00685. The molecule has 3 nitrogen and oxygen atoms in total. The molecule has 1 unspecified atom stereocenters. The molecule has 0 aromatic carbocycles. The van der Waals surface area contributed by atoms with E-state index < -0.39 is 0 Å². The topological polar surface area (TPSA) is 29.5 Å². The molecule has 3 heteroatoms. The van der Waals surface area contributed by atoms with Crippen molar-refractivity contribution < 1.29 is 9.53 Å². The van der Waals surface area contributed by atoms with E-state index in [1.807, 2.05) is 20.9 Å². The van der Waals surface area contributed by atoms with Crippen LogP contribution in [0.2, 0.25) is 0 Å². The van der Waals surface area contributed by atoms with Crippen molar-refractivity contribution in [3.63, 3.8) is 0 Å². The van der Waals surface area contributed by atoms with E-state index in [1.165, 1.54) is 0 Å². The predicted molar refractivity (Wildman–Crippen MR) is 46.9 cm³/mol. The molecule has 1 rings (SSSR count). The Kier molecular flexibility index (Phi) is 3.09. The predicted octanol–water partition coefficient (Wildman–Crippen LogP) is 1.03. The summed E-state index contributed by atoms with van der Waals surface area (Å²) in [4.78, 5) is 13.5. The maximum absolute atomic E-state index is 11.4. The number of carbonyl (C=O) groups excluding carboxylic acids is 1. The van der Waals surface area contributed by atoms with Crippen LogP contribution in [0.1, 0.15) is 26.7 Å². The second-order valence-electron chi connectivity index (χ2n) is 3.62. The summed E-state index contributed by atoms with van der Waals surface area (Å²) >= 11 is 0. The number of likely N-dealkylation sites (N-methyl/N-ethyl adjacent to an activating group) is 1. The summed E-state index contributed by atoms with van der Waals surface area (Å²) < 4.78 is 5.12. The molecule has 0 radical (unpaired) electrons. The number of hydrogen-bond donors (Lipinski definition) is 0. The van der Waals surface area contributed by atoms with Crippen molar-refractivity contribution in [2.24, 2.45) is 0 Å². The lowest BCUT2D eigenvalue weighted by molar-refractivity contribution is -0.152. The fraction of sp³-hybridized carbons (Fsp3) is 0.889. The molecule has 1 atom stereocenters. The summed E-state index contributed by atoms with van der Waals surface area (Å²) in [5.74, 6) is -0.0648. The third-order valence-electron chi connectivity index (χ3n) is 2.14. The van der Waals surface area contributed by atoms with Crippen LogP contribution in [0.25, 0.3) is 0 Å². The fourth-order valence-electron chi connectivity index (χ4n) is 1.52. The first-order valence-electron chi connectivity index (χ1n) is 4.52. The Labute approximate surface area is 73.7 Å². The number of rotatable bonds is 2. The van der Waals surface area contributed by atoms with Gasteiger partial charge in [0.1, 0.15) is 6.04 Å². The zero-order chi connectivity index (χ0) is 9.14. The van der Waals surface area contributed by atoms with Gasteiger partial charge in [-0.3, -0.25) is 9.69 Å². The van der Waals surface area contributed by atoms with Crippen molar-refractivity contribution in [2.75, 3.05) is 13.6 Å². The first kappa shape index (κ1) is 9.52. The molecular formula is C9H17NO2. The quantitative estimate of drug-likeness (QED) is 0.581. The third-order valence-corrected chi connectivity index (χ3v) is 2.14. The van der Waals surface area contributed by atoms with E-state index >= 15 is 0 Å². The summed E-state index contributed by atoms with van der Waals surface area (Å²) in [7, 11) is 1.97. The first-order valence-corrected chi connectivity index (χ1v) is 4.52. The van der Waals surface area contributed by atoms with Crippen LogP contribution in [0, 0.1) is 0 Å². The van der Waals surface area contributed by atoms with Crippen molar-refractivity contribution >= 4 is 5.97 Å². The molecule has 1 aliphatic heterocycles. The van der Waals surface area contributed by atoms with Gasteiger partial charge >= 0.3 is 5.97 Å². The van der Waals surface area contributed by atoms with Gasteiger partial charge in [0.15, 0.2) is 0 Å². The van der Waals surface area contributed by atoms with Gasteiger partial charge in [-0.05, 0) is 40.3 Å². The highest BCUT2D eigenvalue weighted by Crippen LogP contribution is 2.16. The minimum atomic E-state index is -0.0648. The molecule has 0 spiro atoms. The van der Waals surface area contributed by atoms with Crippen molar-refractivity contribution in [2.45, 2.75) is 38.8 Å². The Bertz CT molecular complexity index is 168. The Morgan fingerprint density at radius 3 is 2.67 bits per heavy atom. The molecule has 0 amide bonds. The van der Waals surface area contributed by atoms with E-state index in [-0.39, 0.29) is 18.1 Å². The molecule has 1 heterocycles. The van der Waals surface area contributed by atoms with Gasteiger partial charge in [0.25, 0.3) is 0 Å². The smallest absolute Gasteiger partial charge is 0.323 e. The number of ether oxygens (including phenoxy) is 1.